The Morgan fingerprint density at radius 3 is 2.00 bits per heavy atom. The molecule has 33 heavy (non-hydrogen) atoms. The lowest BCUT2D eigenvalue weighted by Crippen LogP contribution is -2.32. The van der Waals surface area contributed by atoms with E-state index in [4.69, 9.17) is 14.2 Å². The highest BCUT2D eigenvalue weighted by Crippen LogP contribution is 2.35. The molecule has 0 saturated carbocycles. The number of ether oxygens (including phenoxy) is 3. The first kappa shape index (κ1) is 22.0. The van der Waals surface area contributed by atoms with E-state index in [1.165, 1.54) is 0 Å². The van der Waals surface area contributed by atoms with Gasteiger partial charge in [0, 0.05) is 23.9 Å². The number of hydrogen-bond acceptors (Lipinski definition) is 6. The number of nitrogens with zero attached hydrogens (tertiary/aromatic N) is 1. The molecular weight excluding hydrogens is 420 g/mol. The minimum absolute atomic E-state index is 0.176. The molecule has 7 nitrogen and oxygen atoms in total. The van der Waals surface area contributed by atoms with E-state index >= 15 is 0 Å². The van der Waals surface area contributed by atoms with Gasteiger partial charge in [0.1, 0.15) is 22.9 Å². The third-order valence-corrected chi connectivity index (χ3v) is 5.17. The zero-order valence-corrected chi connectivity index (χ0v) is 18.6. The van der Waals surface area contributed by atoms with Gasteiger partial charge in [-0.15, -0.1) is 0 Å². The molecule has 1 N–H and O–H groups in total. The number of rotatable bonds is 8. The fourth-order valence-electron chi connectivity index (χ4n) is 3.63. The van der Waals surface area contributed by atoms with Crippen LogP contribution < -0.4 is 24.4 Å². The van der Waals surface area contributed by atoms with Crippen molar-refractivity contribution in [2.75, 3.05) is 31.0 Å². The molecule has 1 aliphatic rings. The summed E-state index contributed by atoms with van der Waals surface area (Å²) in [5.74, 6) is 0.911. The van der Waals surface area contributed by atoms with Crippen LogP contribution in [0.2, 0.25) is 0 Å². The average molecular weight is 444 g/mol. The molecule has 0 radical (unpaired) electrons. The Morgan fingerprint density at radius 1 is 0.788 bits per heavy atom. The average Bonchev–Trinajstić information content (AvgIpc) is 3.09. The Hall–Kier alpha value is -4.26. The van der Waals surface area contributed by atoms with E-state index in [0.29, 0.717) is 40.8 Å². The number of nitrogens with one attached hydrogen (secondary N) is 1. The van der Waals surface area contributed by atoms with Crippen LogP contribution in [0.1, 0.15) is 12.5 Å². The standard InChI is InChI=1S/C26H24N2O5/c1-4-33-20-12-10-19(11-13-20)28-25(29)23(17-8-6-5-7-9-17)24(26(28)30)27-18-14-21(31-2)16-22(15-18)32-3/h5-16,27H,4H2,1-3H3. The van der Waals surface area contributed by atoms with Gasteiger partial charge in [-0.2, -0.15) is 0 Å². The highest BCUT2D eigenvalue weighted by atomic mass is 16.5. The topological polar surface area (TPSA) is 77.1 Å². The number of carbonyl (C=O) groups is 2. The summed E-state index contributed by atoms with van der Waals surface area (Å²) in [4.78, 5) is 28.2. The van der Waals surface area contributed by atoms with Crippen molar-refractivity contribution < 1.29 is 23.8 Å². The van der Waals surface area contributed by atoms with E-state index in [-0.39, 0.29) is 11.3 Å². The second-order valence-corrected chi connectivity index (χ2v) is 7.21. The molecule has 3 aromatic carbocycles. The summed E-state index contributed by atoms with van der Waals surface area (Å²) in [6.07, 6.45) is 0. The number of hydrogen-bond donors (Lipinski definition) is 1. The number of imide groups is 1. The predicted octanol–water partition coefficient (Wildman–Crippen LogP) is 4.50. The van der Waals surface area contributed by atoms with Crippen LogP contribution in [-0.4, -0.2) is 32.6 Å². The van der Waals surface area contributed by atoms with E-state index < -0.39 is 11.8 Å². The van der Waals surface area contributed by atoms with E-state index in [9.17, 15) is 9.59 Å². The molecule has 2 amide bonds. The maximum absolute atomic E-state index is 13.5. The van der Waals surface area contributed by atoms with Crippen molar-refractivity contribution in [3.8, 4) is 17.2 Å². The molecule has 0 saturated heterocycles. The van der Waals surface area contributed by atoms with E-state index in [1.54, 1.807) is 68.8 Å². The third kappa shape index (κ3) is 4.39. The van der Waals surface area contributed by atoms with E-state index in [1.807, 2.05) is 25.1 Å². The summed E-state index contributed by atoms with van der Waals surface area (Å²) < 4.78 is 16.1. The fourth-order valence-corrected chi connectivity index (χ4v) is 3.63. The maximum Gasteiger partial charge on any atom is 0.282 e. The Morgan fingerprint density at radius 2 is 1.42 bits per heavy atom. The van der Waals surface area contributed by atoms with Crippen molar-refractivity contribution in [2.24, 2.45) is 0 Å². The first-order valence-corrected chi connectivity index (χ1v) is 10.5. The molecule has 1 aliphatic heterocycles. The van der Waals surface area contributed by atoms with Crippen LogP contribution in [0.5, 0.6) is 17.2 Å². The van der Waals surface area contributed by atoms with Gasteiger partial charge in [0.2, 0.25) is 0 Å². The minimum atomic E-state index is -0.454. The third-order valence-electron chi connectivity index (χ3n) is 5.17. The number of carbonyl (C=O) groups excluding carboxylic acids is 2. The summed E-state index contributed by atoms with van der Waals surface area (Å²) in [6, 6.07) is 21.2. The smallest absolute Gasteiger partial charge is 0.282 e. The lowest BCUT2D eigenvalue weighted by atomic mass is 10.0. The van der Waals surface area contributed by atoms with Crippen LogP contribution in [-0.2, 0) is 9.59 Å². The number of amides is 2. The Kier molecular flexibility index (Phi) is 6.31. The van der Waals surface area contributed by atoms with E-state index in [0.717, 1.165) is 4.90 Å². The minimum Gasteiger partial charge on any atom is -0.497 e. The molecule has 0 fully saturated rings. The first-order chi connectivity index (χ1) is 16.0. The number of benzene rings is 3. The van der Waals surface area contributed by atoms with Gasteiger partial charge < -0.3 is 19.5 Å². The summed E-state index contributed by atoms with van der Waals surface area (Å²) in [7, 11) is 3.09. The Bertz CT molecular complexity index is 1180. The van der Waals surface area contributed by atoms with Gasteiger partial charge in [0.05, 0.1) is 32.1 Å². The maximum atomic E-state index is 13.5. The molecule has 4 rings (SSSR count). The molecule has 1 heterocycles. The normalized spacial score (nSPS) is 13.4. The highest BCUT2D eigenvalue weighted by molar-refractivity contribution is 6.46. The Balaban J connectivity index is 1.77. The molecule has 7 heteroatoms. The van der Waals surface area contributed by atoms with Gasteiger partial charge in [0.15, 0.2) is 0 Å². The molecule has 0 bridgehead atoms. The second kappa shape index (κ2) is 9.48. The first-order valence-electron chi connectivity index (χ1n) is 10.5. The van der Waals surface area contributed by atoms with Crippen LogP contribution >= 0.6 is 0 Å². The highest BCUT2D eigenvalue weighted by Gasteiger charge is 2.40. The van der Waals surface area contributed by atoms with Gasteiger partial charge in [0.25, 0.3) is 11.8 Å². The monoisotopic (exact) mass is 444 g/mol. The molecule has 168 valence electrons. The van der Waals surface area contributed by atoms with Crippen molar-refractivity contribution in [1.82, 2.24) is 0 Å². The molecule has 0 aliphatic carbocycles. The van der Waals surface area contributed by atoms with Crippen LogP contribution in [0.3, 0.4) is 0 Å². The Labute approximate surface area is 192 Å². The molecular formula is C26H24N2O5. The fraction of sp³-hybridized carbons (Fsp3) is 0.154. The van der Waals surface area contributed by atoms with Crippen LogP contribution in [0.4, 0.5) is 11.4 Å². The summed E-state index contributed by atoms with van der Waals surface area (Å²) in [5.41, 5.74) is 2.12. The molecule has 0 atom stereocenters. The summed E-state index contributed by atoms with van der Waals surface area (Å²) >= 11 is 0. The van der Waals surface area contributed by atoms with Crippen molar-refractivity contribution in [3.05, 3.63) is 84.1 Å². The van der Waals surface area contributed by atoms with Gasteiger partial charge in [-0.25, -0.2) is 4.90 Å². The molecule has 0 unspecified atom stereocenters. The predicted molar refractivity (Wildman–Crippen MR) is 127 cm³/mol. The van der Waals surface area contributed by atoms with Gasteiger partial charge >= 0.3 is 0 Å². The lowest BCUT2D eigenvalue weighted by Gasteiger charge is -2.16. The van der Waals surface area contributed by atoms with Crippen LogP contribution in [0, 0.1) is 0 Å². The van der Waals surface area contributed by atoms with Crippen LogP contribution in [0.25, 0.3) is 5.57 Å². The largest absolute Gasteiger partial charge is 0.497 e. The van der Waals surface area contributed by atoms with Crippen molar-refractivity contribution in [2.45, 2.75) is 6.92 Å². The second-order valence-electron chi connectivity index (χ2n) is 7.21. The zero-order chi connectivity index (χ0) is 23.4. The van der Waals surface area contributed by atoms with Crippen molar-refractivity contribution in [3.63, 3.8) is 0 Å². The van der Waals surface area contributed by atoms with Crippen LogP contribution in [0.15, 0.2) is 78.5 Å². The van der Waals surface area contributed by atoms with Gasteiger partial charge in [-0.1, -0.05) is 30.3 Å². The summed E-state index contributed by atoms with van der Waals surface area (Å²) in [6.45, 7) is 2.42. The zero-order valence-electron chi connectivity index (χ0n) is 18.6. The molecule has 3 aromatic rings. The van der Waals surface area contributed by atoms with Crippen molar-refractivity contribution in [1.29, 1.82) is 0 Å². The number of anilines is 2. The lowest BCUT2D eigenvalue weighted by molar-refractivity contribution is -0.120. The van der Waals surface area contributed by atoms with Gasteiger partial charge in [-0.05, 0) is 36.8 Å². The van der Waals surface area contributed by atoms with Gasteiger partial charge in [-0.3, -0.25) is 9.59 Å². The summed E-state index contributed by atoms with van der Waals surface area (Å²) in [5, 5.41) is 3.13. The molecule has 0 spiro atoms. The number of methoxy groups -OCH3 is 2. The quantitative estimate of drug-likeness (QED) is 0.516. The van der Waals surface area contributed by atoms with E-state index in [2.05, 4.69) is 5.32 Å². The van der Waals surface area contributed by atoms with Crippen molar-refractivity contribution >= 4 is 28.8 Å². The molecule has 0 aromatic heterocycles. The SMILES string of the molecule is CCOc1ccc(N2C(=O)C(Nc3cc(OC)cc(OC)c3)=C(c3ccccc3)C2=O)cc1.